The van der Waals surface area contributed by atoms with Gasteiger partial charge in [-0.1, -0.05) is 67.2 Å². The molecule has 3 aromatic carbocycles. The van der Waals surface area contributed by atoms with E-state index in [1.807, 2.05) is 87.5 Å². The Labute approximate surface area is 214 Å². The first-order chi connectivity index (χ1) is 17.2. The van der Waals surface area contributed by atoms with Crippen LogP contribution in [-0.4, -0.2) is 36.8 Å². The van der Waals surface area contributed by atoms with Crippen molar-refractivity contribution < 1.29 is 19.0 Å². The first kappa shape index (κ1) is 26.7. The van der Waals surface area contributed by atoms with Gasteiger partial charge in [0.25, 0.3) is 0 Å². The van der Waals surface area contributed by atoms with Crippen molar-refractivity contribution in [2.45, 2.75) is 39.5 Å². The zero-order chi connectivity index (χ0) is 26.0. The summed E-state index contributed by atoms with van der Waals surface area (Å²) in [5.74, 6) is 1.30. The number of methoxy groups -OCH3 is 1. The minimum Gasteiger partial charge on any atom is -0.493 e. The number of alkyl carbamates (subject to hydrolysis) is 1. The third kappa shape index (κ3) is 8.38. The summed E-state index contributed by atoms with van der Waals surface area (Å²) in [6.07, 6.45) is -0.436. The molecule has 0 aliphatic carbocycles. The molecule has 36 heavy (non-hydrogen) atoms. The van der Waals surface area contributed by atoms with Crippen LogP contribution in [-0.2, 0) is 17.9 Å². The zero-order valence-corrected chi connectivity index (χ0v) is 21.6. The Morgan fingerprint density at radius 2 is 1.56 bits per heavy atom. The van der Waals surface area contributed by atoms with Crippen LogP contribution >= 0.6 is 0 Å². The predicted molar refractivity (Wildman–Crippen MR) is 144 cm³/mol. The van der Waals surface area contributed by atoms with E-state index >= 15 is 0 Å². The van der Waals surface area contributed by atoms with Gasteiger partial charge in [-0.05, 0) is 50.1 Å². The average Bonchev–Trinajstić information content (AvgIpc) is 2.86. The van der Waals surface area contributed by atoms with Crippen LogP contribution < -0.4 is 14.8 Å². The van der Waals surface area contributed by atoms with Gasteiger partial charge in [-0.25, -0.2) is 4.79 Å². The number of rotatable bonds is 11. The highest BCUT2D eigenvalue weighted by atomic mass is 16.6. The fourth-order valence-electron chi connectivity index (χ4n) is 3.60. The molecule has 0 fully saturated rings. The lowest BCUT2D eigenvalue weighted by Crippen LogP contribution is -2.37. The van der Waals surface area contributed by atoms with E-state index in [0.717, 1.165) is 22.4 Å². The van der Waals surface area contributed by atoms with Crippen molar-refractivity contribution in [2.75, 3.05) is 20.2 Å². The molecule has 1 N–H and O–H groups in total. The van der Waals surface area contributed by atoms with Gasteiger partial charge in [0, 0.05) is 30.9 Å². The SMILES string of the molecule is C=C(c1ccc(OCc2ccccc2)c(OC)c1)N(CCNC(=O)OC(C)(C)C)Cc1ccccc1. The number of nitrogens with zero attached hydrogens (tertiary/aromatic N) is 1. The predicted octanol–water partition coefficient (Wildman–Crippen LogP) is 6.27. The van der Waals surface area contributed by atoms with Gasteiger partial charge in [-0.3, -0.25) is 0 Å². The Morgan fingerprint density at radius 1 is 0.917 bits per heavy atom. The van der Waals surface area contributed by atoms with Crippen LogP contribution in [0.5, 0.6) is 11.5 Å². The molecule has 0 unspecified atom stereocenters. The maximum atomic E-state index is 12.1. The van der Waals surface area contributed by atoms with E-state index in [1.54, 1.807) is 7.11 Å². The molecular weight excluding hydrogens is 452 g/mol. The molecule has 0 spiro atoms. The molecule has 3 aromatic rings. The highest BCUT2D eigenvalue weighted by Gasteiger charge is 2.17. The third-order valence-corrected chi connectivity index (χ3v) is 5.38. The number of amides is 1. The first-order valence-corrected chi connectivity index (χ1v) is 12.0. The molecule has 0 atom stereocenters. The molecule has 3 rings (SSSR count). The molecule has 6 nitrogen and oxygen atoms in total. The van der Waals surface area contributed by atoms with Gasteiger partial charge in [0.1, 0.15) is 12.2 Å². The fraction of sp³-hybridized carbons (Fsp3) is 0.300. The van der Waals surface area contributed by atoms with E-state index in [4.69, 9.17) is 14.2 Å². The molecule has 0 aromatic heterocycles. The van der Waals surface area contributed by atoms with E-state index in [-0.39, 0.29) is 0 Å². The largest absolute Gasteiger partial charge is 0.493 e. The molecule has 0 aliphatic heterocycles. The van der Waals surface area contributed by atoms with E-state index < -0.39 is 11.7 Å². The summed E-state index contributed by atoms with van der Waals surface area (Å²) in [5, 5.41) is 2.84. The molecular formula is C30H36N2O4. The number of carbonyl (C=O) groups is 1. The van der Waals surface area contributed by atoms with Crippen LogP contribution in [0.1, 0.15) is 37.5 Å². The zero-order valence-electron chi connectivity index (χ0n) is 21.6. The Morgan fingerprint density at radius 3 is 2.17 bits per heavy atom. The second-order valence-electron chi connectivity index (χ2n) is 9.42. The average molecular weight is 489 g/mol. The lowest BCUT2D eigenvalue weighted by Gasteiger charge is -2.28. The summed E-state index contributed by atoms with van der Waals surface area (Å²) in [7, 11) is 1.63. The van der Waals surface area contributed by atoms with Gasteiger partial charge in [0.05, 0.1) is 7.11 Å². The summed E-state index contributed by atoms with van der Waals surface area (Å²) >= 11 is 0. The fourth-order valence-corrected chi connectivity index (χ4v) is 3.60. The molecule has 0 bridgehead atoms. The maximum absolute atomic E-state index is 12.1. The van der Waals surface area contributed by atoms with Crippen LogP contribution in [0.25, 0.3) is 5.70 Å². The van der Waals surface area contributed by atoms with Crippen molar-refractivity contribution in [3.63, 3.8) is 0 Å². The molecule has 0 saturated carbocycles. The topological polar surface area (TPSA) is 60.0 Å². The second-order valence-corrected chi connectivity index (χ2v) is 9.42. The van der Waals surface area contributed by atoms with Crippen molar-refractivity contribution in [3.8, 4) is 11.5 Å². The summed E-state index contributed by atoms with van der Waals surface area (Å²) in [6.45, 7) is 12.0. The van der Waals surface area contributed by atoms with Crippen molar-refractivity contribution in [1.29, 1.82) is 0 Å². The van der Waals surface area contributed by atoms with E-state index in [2.05, 4.69) is 28.9 Å². The Bertz CT molecular complexity index is 1120. The lowest BCUT2D eigenvalue weighted by molar-refractivity contribution is 0.0524. The monoisotopic (exact) mass is 488 g/mol. The number of ether oxygens (including phenoxy) is 3. The minimum atomic E-state index is -0.543. The van der Waals surface area contributed by atoms with Crippen LogP contribution in [0.4, 0.5) is 4.79 Å². The van der Waals surface area contributed by atoms with Crippen LogP contribution in [0, 0.1) is 0 Å². The number of hydrogen-bond acceptors (Lipinski definition) is 5. The quantitative estimate of drug-likeness (QED) is 0.345. The summed E-state index contributed by atoms with van der Waals surface area (Å²) in [6, 6.07) is 26.0. The number of nitrogens with one attached hydrogen (secondary N) is 1. The molecule has 0 radical (unpaired) electrons. The Balaban J connectivity index is 1.72. The molecule has 0 heterocycles. The van der Waals surface area contributed by atoms with E-state index in [1.165, 1.54) is 0 Å². The Kier molecular flexibility index (Phi) is 9.39. The van der Waals surface area contributed by atoms with Crippen LogP contribution in [0.15, 0.2) is 85.4 Å². The highest BCUT2D eigenvalue weighted by molar-refractivity contribution is 5.68. The number of carbonyl (C=O) groups excluding carboxylic acids is 1. The smallest absolute Gasteiger partial charge is 0.407 e. The van der Waals surface area contributed by atoms with Crippen LogP contribution in [0.2, 0.25) is 0 Å². The Hall–Kier alpha value is -3.93. The summed E-state index contributed by atoms with van der Waals surface area (Å²) < 4.78 is 17.0. The first-order valence-electron chi connectivity index (χ1n) is 12.0. The summed E-state index contributed by atoms with van der Waals surface area (Å²) in [5.41, 5.74) is 3.41. The van der Waals surface area contributed by atoms with Crippen molar-refractivity contribution in [1.82, 2.24) is 10.2 Å². The summed E-state index contributed by atoms with van der Waals surface area (Å²) in [4.78, 5) is 14.2. The normalized spacial score (nSPS) is 10.9. The van der Waals surface area contributed by atoms with Gasteiger partial charge in [-0.2, -0.15) is 0 Å². The van der Waals surface area contributed by atoms with Gasteiger partial charge >= 0.3 is 6.09 Å². The maximum Gasteiger partial charge on any atom is 0.407 e. The minimum absolute atomic E-state index is 0.413. The number of benzene rings is 3. The molecule has 1 amide bonds. The van der Waals surface area contributed by atoms with Gasteiger partial charge in [-0.15, -0.1) is 0 Å². The second kappa shape index (κ2) is 12.7. The van der Waals surface area contributed by atoms with Gasteiger partial charge in [0.15, 0.2) is 11.5 Å². The standard InChI is InChI=1S/C30H36N2O4/c1-23(26-16-17-27(28(20-26)34-5)35-22-25-14-10-7-11-15-25)32(21-24-12-8-6-9-13-24)19-18-31-29(33)36-30(2,3)4/h6-17,20H,1,18-19,21-22H2,2-5H3,(H,31,33). The van der Waals surface area contributed by atoms with Crippen LogP contribution in [0.3, 0.4) is 0 Å². The third-order valence-electron chi connectivity index (χ3n) is 5.38. The lowest BCUT2D eigenvalue weighted by atomic mass is 10.1. The van der Waals surface area contributed by atoms with E-state index in [9.17, 15) is 4.79 Å². The van der Waals surface area contributed by atoms with Crippen molar-refractivity contribution in [3.05, 3.63) is 102 Å². The van der Waals surface area contributed by atoms with Crippen molar-refractivity contribution >= 4 is 11.8 Å². The van der Waals surface area contributed by atoms with E-state index in [0.29, 0.717) is 37.7 Å². The number of hydrogen-bond donors (Lipinski definition) is 1. The molecule has 190 valence electrons. The molecule has 0 saturated heterocycles. The van der Waals surface area contributed by atoms with Gasteiger partial charge < -0.3 is 24.4 Å². The highest BCUT2D eigenvalue weighted by Crippen LogP contribution is 2.32. The molecule has 0 aliphatic rings. The molecule has 6 heteroatoms. The van der Waals surface area contributed by atoms with Crippen molar-refractivity contribution in [2.24, 2.45) is 0 Å². The van der Waals surface area contributed by atoms with Gasteiger partial charge in [0.2, 0.25) is 0 Å².